The van der Waals surface area contributed by atoms with Crippen LogP contribution >= 0.6 is 34.9 Å². The van der Waals surface area contributed by atoms with Crippen molar-refractivity contribution in [3.8, 4) is 0 Å². The minimum atomic E-state index is -0.0218. The fourth-order valence-corrected chi connectivity index (χ4v) is 5.84. The van der Waals surface area contributed by atoms with Gasteiger partial charge in [-0.25, -0.2) is 4.98 Å². The highest BCUT2D eigenvalue weighted by atomic mass is 32.2. The number of carbonyl (C=O) groups excluding carboxylic acids is 1. The Morgan fingerprint density at radius 2 is 2.11 bits per heavy atom. The van der Waals surface area contributed by atoms with E-state index < -0.39 is 0 Å². The molecule has 0 bridgehead atoms. The van der Waals surface area contributed by atoms with E-state index >= 15 is 0 Å². The van der Waals surface area contributed by atoms with Crippen molar-refractivity contribution >= 4 is 56.7 Å². The summed E-state index contributed by atoms with van der Waals surface area (Å²) in [4.78, 5) is 35.4. The van der Waals surface area contributed by atoms with E-state index in [4.69, 9.17) is 0 Å². The molecule has 2 N–H and O–H groups in total. The summed E-state index contributed by atoms with van der Waals surface area (Å²) < 4.78 is 0. The van der Waals surface area contributed by atoms with E-state index in [1.54, 1.807) is 34.9 Å². The first kappa shape index (κ1) is 19.5. The van der Waals surface area contributed by atoms with Crippen LogP contribution in [-0.4, -0.2) is 27.9 Å². The average molecular weight is 432 g/mol. The quantitative estimate of drug-likeness (QED) is 0.427. The number of thiophene rings is 1. The van der Waals surface area contributed by atoms with Crippen molar-refractivity contribution in [1.29, 1.82) is 0 Å². The summed E-state index contributed by atoms with van der Waals surface area (Å²) in [6.45, 7) is 0. The first-order valence-electron chi connectivity index (χ1n) is 9.19. The molecule has 1 amide bonds. The van der Waals surface area contributed by atoms with E-state index in [1.807, 2.05) is 30.5 Å². The highest BCUT2D eigenvalue weighted by molar-refractivity contribution is 7.98. The van der Waals surface area contributed by atoms with Crippen LogP contribution in [0.4, 0.5) is 5.69 Å². The number of hydrogen-bond acceptors (Lipinski definition) is 6. The molecule has 2 aromatic heterocycles. The molecule has 0 unspecified atom stereocenters. The maximum absolute atomic E-state index is 12.4. The van der Waals surface area contributed by atoms with E-state index in [0.29, 0.717) is 23.8 Å². The van der Waals surface area contributed by atoms with Crippen molar-refractivity contribution in [3.63, 3.8) is 0 Å². The van der Waals surface area contributed by atoms with Crippen molar-refractivity contribution < 1.29 is 4.79 Å². The van der Waals surface area contributed by atoms with Crippen molar-refractivity contribution in [2.45, 2.75) is 36.3 Å². The molecule has 0 aliphatic heterocycles. The molecule has 0 atom stereocenters. The van der Waals surface area contributed by atoms with Gasteiger partial charge in [-0.05, 0) is 55.3 Å². The van der Waals surface area contributed by atoms with E-state index in [0.717, 1.165) is 35.2 Å². The SMILES string of the molecule is CSc1ccc(NC(=O)CCSCc2nc3sc4c(c3c(=O)[nH]2)CCC4)cc1. The van der Waals surface area contributed by atoms with Gasteiger partial charge in [-0.15, -0.1) is 23.1 Å². The molecule has 0 radical (unpaired) electrons. The Morgan fingerprint density at radius 3 is 2.89 bits per heavy atom. The number of rotatable bonds is 7. The van der Waals surface area contributed by atoms with Crippen molar-refractivity contribution in [1.82, 2.24) is 9.97 Å². The highest BCUT2D eigenvalue weighted by Crippen LogP contribution is 2.34. The lowest BCUT2D eigenvalue weighted by molar-refractivity contribution is -0.115. The molecule has 1 aliphatic rings. The normalized spacial score (nSPS) is 13.0. The monoisotopic (exact) mass is 431 g/mol. The third kappa shape index (κ3) is 4.29. The van der Waals surface area contributed by atoms with E-state index in [-0.39, 0.29) is 11.5 Å². The third-order valence-electron chi connectivity index (χ3n) is 4.71. The smallest absolute Gasteiger partial charge is 0.259 e. The van der Waals surface area contributed by atoms with Gasteiger partial charge in [0.05, 0.1) is 11.1 Å². The molecular weight excluding hydrogens is 410 g/mol. The Balaban J connectivity index is 1.29. The molecule has 0 saturated carbocycles. The summed E-state index contributed by atoms with van der Waals surface area (Å²) in [6.07, 6.45) is 5.64. The maximum Gasteiger partial charge on any atom is 0.259 e. The second kappa shape index (κ2) is 8.71. The summed E-state index contributed by atoms with van der Waals surface area (Å²) in [7, 11) is 0. The number of nitrogens with one attached hydrogen (secondary N) is 2. The van der Waals surface area contributed by atoms with Crippen molar-refractivity contribution in [3.05, 3.63) is 50.9 Å². The molecule has 1 aromatic carbocycles. The number of H-pyrrole nitrogens is 1. The summed E-state index contributed by atoms with van der Waals surface area (Å²) in [5.41, 5.74) is 2.00. The molecule has 3 aromatic rings. The Hall–Kier alpha value is -1.77. The minimum absolute atomic E-state index is 0.00371. The largest absolute Gasteiger partial charge is 0.326 e. The van der Waals surface area contributed by atoms with Crippen LogP contribution in [-0.2, 0) is 23.4 Å². The Morgan fingerprint density at radius 1 is 1.29 bits per heavy atom. The Kier molecular flexibility index (Phi) is 6.08. The van der Waals surface area contributed by atoms with Crippen molar-refractivity contribution in [2.24, 2.45) is 0 Å². The first-order valence-corrected chi connectivity index (χ1v) is 12.4. The van der Waals surface area contributed by atoms with Crippen LogP contribution < -0.4 is 10.9 Å². The maximum atomic E-state index is 12.4. The fraction of sp³-hybridized carbons (Fsp3) is 0.350. The van der Waals surface area contributed by atoms with Gasteiger partial charge in [-0.2, -0.15) is 11.8 Å². The Bertz CT molecular complexity index is 1060. The van der Waals surface area contributed by atoms with Crippen LogP contribution in [0.25, 0.3) is 10.2 Å². The second-order valence-electron chi connectivity index (χ2n) is 6.63. The van der Waals surface area contributed by atoms with Gasteiger partial charge in [-0.3, -0.25) is 9.59 Å². The number of fused-ring (bicyclic) bond motifs is 3. The van der Waals surface area contributed by atoms with E-state index in [1.165, 1.54) is 15.3 Å². The predicted octanol–water partition coefficient (Wildman–Crippen LogP) is 4.46. The zero-order chi connectivity index (χ0) is 19.5. The van der Waals surface area contributed by atoms with Crippen LogP contribution in [0.2, 0.25) is 0 Å². The van der Waals surface area contributed by atoms with Gasteiger partial charge in [0, 0.05) is 27.6 Å². The van der Waals surface area contributed by atoms with Gasteiger partial charge >= 0.3 is 0 Å². The van der Waals surface area contributed by atoms with Crippen LogP contribution in [0, 0.1) is 0 Å². The minimum Gasteiger partial charge on any atom is -0.326 e. The number of carbonyl (C=O) groups is 1. The number of thioether (sulfide) groups is 2. The van der Waals surface area contributed by atoms with Crippen LogP contribution in [0.1, 0.15) is 29.1 Å². The molecule has 2 heterocycles. The van der Waals surface area contributed by atoms with Gasteiger partial charge in [0.2, 0.25) is 5.91 Å². The molecule has 8 heteroatoms. The fourth-order valence-electron chi connectivity index (χ4n) is 3.35. The standard InChI is InChI=1S/C20H21N3O2S3/c1-26-13-7-5-12(6-8-13)21-17(24)9-10-27-11-16-22-19(25)18-14-3-2-4-15(14)28-20(18)23-16/h5-8H,2-4,9-11H2,1H3,(H,21,24)(H,22,23,25). The molecule has 4 rings (SSSR count). The number of aromatic amines is 1. The molecule has 0 spiro atoms. The number of amides is 1. The zero-order valence-electron chi connectivity index (χ0n) is 15.5. The lowest BCUT2D eigenvalue weighted by Crippen LogP contribution is -2.13. The van der Waals surface area contributed by atoms with Crippen molar-refractivity contribution in [2.75, 3.05) is 17.3 Å². The van der Waals surface area contributed by atoms with Crippen LogP contribution in [0.3, 0.4) is 0 Å². The van der Waals surface area contributed by atoms with Crippen LogP contribution in [0.15, 0.2) is 34.0 Å². The number of aryl methyl sites for hydroxylation is 2. The molecule has 0 fully saturated rings. The van der Waals surface area contributed by atoms with Gasteiger partial charge in [-0.1, -0.05) is 0 Å². The molecule has 146 valence electrons. The highest BCUT2D eigenvalue weighted by Gasteiger charge is 2.21. The van der Waals surface area contributed by atoms with Crippen LogP contribution in [0.5, 0.6) is 0 Å². The number of nitrogens with zero attached hydrogens (tertiary/aromatic N) is 1. The number of aromatic nitrogens is 2. The second-order valence-corrected chi connectivity index (χ2v) is 9.70. The molecule has 1 aliphatic carbocycles. The van der Waals surface area contributed by atoms with E-state index in [2.05, 4.69) is 15.3 Å². The summed E-state index contributed by atoms with van der Waals surface area (Å²) in [5, 5.41) is 3.70. The molecular formula is C20H21N3O2S3. The number of anilines is 1. The molecule has 5 nitrogen and oxygen atoms in total. The van der Waals surface area contributed by atoms with Gasteiger partial charge in [0.15, 0.2) is 0 Å². The zero-order valence-corrected chi connectivity index (χ0v) is 18.0. The number of hydrogen-bond donors (Lipinski definition) is 2. The third-order valence-corrected chi connectivity index (χ3v) is 7.61. The Labute approximate surface area is 175 Å². The average Bonchev–Trinajstić information content (AvgIpc) is 3.26. The lowest BCUT2D eigenvalue weighted by atomic mass is 10.2. The summed E-state index contributed by atoms with van der Waals surface area (Å²) in [6, 6.07) is 7.82. The molecule has 28 heavy (non-hydrogen) atoms. The van der Waals surface area contributed by atoms with Gasteiger partial charge in [0.25, 0.3) is 5.56 Å². The topological polar surface area (TPSA) is 74.8 Å². The molecule has 0 saturated heterocycles. The van der Waals surface area contributed by atoms with Gasteiger partial charge < -0.3 is 10.3 Å². The first-order chi connectivity index (χ1) is 13.6. The van der Waals surface area contributed by atoms with E-state index in [9.17, 15) is 9.59 Å². The number of benzene rings is 1. The van der Waals surface area contributed by atoms with Gasteiger partial charge in [0.1, 0.15) is 10.7 Å². The summed E-state index contributed by atoms with van der Waals surface area (Å²) >= 11 is 4.94. The predicted molar refractivity (Wildman–Crippen MR) is 120 cm³/mol. The lowest BCUT2D eigenvalue weighted by Gasteiger charge is -2.06. The summed E-state index contributed by atoms with van der Waals surface area (Å²) in [5.74, 6) is 1.97.